The van der Waals surface area contributed by atoms with Crippen molar-refractivity contribution in [2.75, 3.05) is 18.8 Å². The molecule has 1 aromatic rings. The minimum atomic E-state index is 0.749. The quantitative estimate of drug-likeness (QED) is 0.599. The molecule has 0 amide bonds. The molecule has 0 aromatic heterocycles. The molecule has 0 aliphatic carbocycles. The summed E-state index contributed by atoms with van der Waals surface area (Å²) in [6, 6.07) is 8.52. The van der Waals surface area contributed by atoms with Crippen LogP contribution in [0, 0.1) is 5.92 Å². The van der Waals surface area contributed by atoms with Crippen molar-refractivity contribution in [1.29, 1.82) is 0 Å². The highest BCUT2D eigenvalue weighted by molar-refractivity contribution is 9.10. The molecule has 0 saturated carbocycles. The van der Waals surface area contributed by atoms with Crippen LogP contribution in [0.25, 0.3) is 0 Å². The molecule has 0 fully saturated rings. The maximum absolute atomic E-state index is 3.46. The molecule has 16 heavy (non-hydrogen) atoms. The summed E-state index contributed by atoms with van der Waals surface area (Å²) in [5.41, 5.74) is 0. The fourth-order valence-electron chi connectivity index (χ4n) is 1.31. The van der Waals surface area contributed by atoms with Crippen LogP contribution in [0.4, 0.5) is 0 Å². The Morgan fingerprint density at radius 1 is 1.25 bits per heavy atom. The second-order valence-electron chi connectivity index (χ2n) is 4.25. The van der Waals surface area contributed by atoms with Crippen molar-refractivity contribution < 1.29 is 0 Å². The van der Waals surface area contributed by atoms with Gasteiger partial charge in [0.1, 0.15) is 0 Å². The fraction of sp³-hybridized carbons (Fsp3) is 0.538. The van der Waals surface area contributed by atoms with E-state index in [4.69, 9.17) is 0 Å². The van der Waals surface area contributed by atoms with Gasteiger partial charge in [0, 0.05) is 9.37 Å². The standard InChI is InChI=1S/C13H20BrNS/c1-11(2)10-15-8-3-9-16-13-6-4-12(14)5-7-13/h4-7,11,15H,3,8-10H2,1-2H3. The zero-order valence-corrected chi connectivity index (χ0v) is 12.4. The van der Waals surface area contributed by atoms with Gasteiger partial charge in [-0.25, -0.2) is 0 Å². The van der Waals surface area contributed by atoms with Crippen molar-refractivity contribution in [2.45, 2.75) is 25.2 Å². The molecule has 0 atom stereocenters. The molecule has 90 valence electrons. The third-order valence-electron chi connectivity index (χ3n) is 2.13. The van der Waals surface area contributed by atoms with E-state index in [-0.39, 0.29) is 0 Å². The minimum absolute atomic E-state index is 0.749. The molecular formula is C13H20BrNS. The van der Waals surface area contributed by atoms with Crippen molar-refractivity contribution in [3.8, 4) is 0 Å². The number of nitrogens with one attached hydrogen (secondary N) is 1. The Bertz CT molecular complexity index is 284. The second kappa shape index (κ2) is 8.15. The summed E-state index contributed by atoms with van der Waals surface area (Å²) in [6.45, 7) is 6.73. The molecule has 0 unspecified atom stereocenters. The lowest BCUT2D eigenvalue weighted by Crippen LogP contribution is -2.21. The monoisotopic (exact) mass is 301 g/mol. The average molecular weight is 302 g/mol. The van der Waals surface area contributed by atoms with E-state index in [1.807, 2.05) is 11.8 Å². The van der Waals surface area contributed by atoms with Gasteiger partial charge in [0.15, 0.2) is 0 Å². The predicted molar refractivity (Wildman–Crippen MR) is 77.2 cm³/mol. The van der Waals surface area contributed by atoms with Gasteiger partial charge in [-0.1, -0.05) is 29.8 Å². The summed E-state index contributed by atoms with van der Waals surface area (Å²) < 4.78 is 1.15. The van der Waals surface area contributed by atoms with E-state index in [1.54, 1.807) is 0 Å². The molecule has 0 heterocycles. The van der Waals surface area contributed by atoms with Crippen molar-refractivity contribution >= 4 is 27.7 Å². The van der Waals surface area contributed by atoms with Crippen LogP contribution in [0.3, 0.4) is 0 Å². The van der Waals surface area contributed by atoms with Crippen LogP contribution in [0.2, 0.25) is 0 Å². The molecule has 1 nitrogen and oxygen atoms in total. The smallest absolute Gasteiger partial charge is 0.0176 e. The highest BCUT2D eigenvalue weighted by Gasteiger charge is 1.95. The lowest BCUT2D eigenvalue weighted by molar-refractivity contribution is 0.552. The maximum Gasteiger partial charge on any atom is 0.0176 e. The van der Waals surface area contributed by atoms with Gasteiger partial charge in [0.2, 0.25) is 0 Å². The minimum Gasteiger partial charge on any atom is -0.316 e. The van der Waals surface area contributed by atoms with Gasteiger partial charge < -0.3 is 5.32 Å². The number of benzene rings is 1. The van der Waals surface area contributed by atoms with Crippen molar-refractivity contribution in [3.05, 3.63) is 28.7 Å². The molecule has 0 aliphatic heterocycles. The van der Waals surface area contributed by atoms with Crippen LogP contribution in [-0.4, -0.2) is 18.8 Å². The second-order valence-corrected chi connectivity index (χ2v) is 6.34. The Hall–Kier alpha value is 0.01000. The number of hydrogen-bond acceptors (Lipinski definition) is 2. The van der Waals surface area contributed by atoms with E-state index < -0.39 is 0 Å². The van der Waals surface area contributed by atoms with Gasteiger partial charge in [0.25, 0.3) is 0 Å². The largest absolute Gasteiger partial charge is 0.316 e. The normalized spacial score (nSPS) is 11.0. The highest BCUT2D eigenvalue weighted by atomic mass is 79.9. The first-order valence-corrected chi connectivity index (χ1v) is 7.55. The third kappa shape index (κ3) is 6.56. The number of rotatable bonds is 7. The number of hydrogen-bond donors (Lipinski definition) is 1. The Labute approximate surface area is 112 Å². The molecule has 3 heteroatoms. The van der Waals surface area contributed by atoms with Crippen LogP contribution in [0.1, 0.15) is 20.3 Å². The van der Waals surface area contributed by atoms with E-state index in [2.05, 4.69) is 59.4 Å². The number of thioether (sulfide) groups is 1. The predicted octanol–water partition coefficient (Wildman–Crippen LogP) is 4.18. The van der Waals surface area contributed by atoms with Crippen LogP contribution in [0.15, 0.2) is 33.6 Å². The van der Waals surface area contributed by atoms with Gasteiger partial charge in [-0.15, -0.1) is 11.8 Å². The zero-order valence-electron chi connectivity index (χ0n) is 10.0. The lowest BCUT2D eigenvalue weighted by atomic mass is 10.2. The summed E-state index contributed by atoms with van der Waals surface area (Å²) in [5.74, 6) is 1.94. The lowest BCUT2D eigenvalue weighted by Gasteiger charge is -2.06. The number of halogens is 1. The highest BCUT2D eigenvalue weighted by Crippen LogP contribution is 2.20. The van der Waals surface area contributed by atoms with E-state index in [1.165, 1.54) is 17.1 Å². The van der Waals surface area contributed by atoms with E-state index >= 15 is 0 Å². The zero-order chi connectivity index (χ0) is 11.8. The Balaban J connectivity index is 2.05. The van der Waals surface area contributed by atoms with E-state index in [0.29, 0.717) is 0 Å². The van der Waals surface area contributed by atoms with Gasteiger partial charge in [-0.2, -0.15) is 0 Å². The van der Waals surface area contributed by atoms with Gasteiger partial charge in [-0.05, 0) is 55.4 Å². The van der Waals surface area contributed by atoms with Crippen LogP contribution >= 0.6 is 27.7 Å². The molecule has 1 rings (SSSR count). The Morgan fingerprint density at radius 3 is 2.56 bits per heavy atom. The fourth-order valence-corrected chi connectivity index (χ4v) is 2.43. The average Bonchev–Trinajstić information content (AvgIpc) is 2.25. The van der Waals surface area contributed by atoms with E-state index in [0.717, 1.165) is 23.5 Å². The van der Waals surface area contributed by atoms with Gasteiger partial charge in [0.05, 0.1) is 0 Å². The summed E-state index contributed by atoms with van der Waals surface area (Å²) in [5, 5.41) is 3.46. The first-order valence-electron chi connectivity index (χ1n) is 5.77. The summed E-state index contributed by atoms with van der Waals surface area (Å²) in [6.07, 6.45) is 1.23. The van der Waals surface area contributed by atoms with Crippen molar-refractivity contribution in [1.82, 2.24) is 5.32 Å². The molecular weight excluding hydrogens is 282 g/mol. The van der Waals surface area contributed by atoms with Crippen LogP contribution in [0.5, 0.6) is 0 Å². The van der Waals surface area contributed by atoms with Crippen LogP contribution in [-0.2, 0) is 0 Å². The first-order chi connectivity index (χ1) is 7.68. The third-order valence-corrected chi connectivity index (χ3v) is 3.76. The van der Waals surface area contributed by atoms with Gasteiger partial charge >= 0.3 is 0 Å². The molecule has 1 N–H and O–H groups in total. The molecule has 0 spiro atoms. The van der Waals surface area contributed by atoms with Crippen molar-refractivity contribution in [3.63, 3.8) is 0 Å². The van der Waals surface area contributed by atoms with Gasteiger partial charge in [-0.3, -0.25) is 0 Å². The summed E-state index contributed by atoms with van der Waals surface area (Å²) in [4.78, 5) is 1.35. The SMILES string of the molecule is CC(C)CNCCCSc1ccc(Br)cc1. The van der Waals surface area contributed by atoms with Crippen LogP contribution < -0.4 is 5.32 Å². The Kier molecular flexibility index (Phi) is 7.17. The topological polar surface area (TPSA) is 12.0 Å². The molecule has 0 saturated heterocycles. The molecule has 1 aromatic carbocycles. The van der Waals surface area contributed by atoms with Crippen molar-refractivity contribution in [2.24, 2.45) is 5.92 Å². The summed E-state index contributed by atoms with van der Waals surface area (Å²) >= 11 is 5.37. The molecule has 0 bridgehead atoms. The molecule has 0 radical (unpaired) electrons. The van der Waals surface area contributed by atoms with E-state index in [9.17, 15) is 0 Å². The Morgan fingerprint density at radius 2 is 1.94 bits per heavy atom. The first kappa shape index (κ1) is 14.1. The molecule has 0 aliphatic rings. The maximum atomic E-state index is 3.46. The summed E-state index contributed by atoms with van der Waals surface area (Å²) in [7, 11) is 0.